The number of rotatable bonds is 6. The molecule has 2 aromatic rings. The van der Waals surface area contributed by atoms with Crippen LogP contribution in [0.15, 0.2) is 42.7 Å². The van der Waals surface area contributed by atoms with E-state index in [4.69, 9.17) is 15.2 Å². The quantitative estimate of drug-likeness (QED) is 0.787. The second-order valence-electron chi connectivity index (χ2n) is 7.97. The predicted molar refractivity (Wildman–Crippen MR) is 117 cm³/mol. The number of aromatic nitrogens is 1. The molecule has 2 fully saturated rings. The van der Waals surface area contributed by atoms with Gasteiger partial charge in [0.2, 0.25) is 5.91 Å². The topological polar surface area (TPSA) is 77.7 Å². The van der Waals surface area contributed by atoms with Crippen LogP contribution in [0.2, 0.25) is 0 Å². The smallest absolute Gasteiger partial charge is 0.225 e. The van der Waals surface area contributed by atoms with E-state index >= 15 is 0 Å². The molecule has 0 spiro atoms. The van der Waals surface area contributed by atoms with Crippen LogP contribution in [0.1, 0.15) is 37.8 Å². The molecule has 2 heterocycles. The first-order valence-electron chi connectivity index (χ1n) is 10.7. The van der Waals surface area contributed by atoms with Gasteiger partial charge in [-0.05, 0) is 48.9 Å². The Morgan fingerprint density at radius 2 is 1.87 bits per heavy atom. The summed E-state index contributed by atoms with van der Waals surface area (Å²) in [6.07, 6.45) is 10.2. The largest absolute Gasteiger partial charge is 0.494 e. The highest BCUT2D eigenvalue weighted by Crippen LogP contribution is 2.31. The zero-order valence-electron chi connectivity index (χ0n) is 17.4. The highest BCUT2D eigenvalue weighted by atomic mass is 16.5. The molecule has 1 aliphatic heterocycles. The molecule has 6 nitrogen and oxygen atoms in total. The summed E-state index contributed by atoms with van der Waals surface area (Å²) in [6.45, 7) is 1.60. The van der Waals surface area contributed by atoms with Crippen LogP contribution in [0, 0.1) is 5.92 Å². The highest BCUT2D eigenvalue weighted by molar-refractivity contribution is 5.79. The molecule has 1 aliphatic carbocycles. The maximum absolute atomic E-state index is 12.4. The van der Waals surface area contributed by atoms with Crippen molar-refractivity contribution < 1.29 is 14.3 Å². The first-order chi connectivity index (χ1) is 14.7. The number of hydrogen-bond acceptors (Lipinski definition) is 5. The van der Waals surface area contributed by atoms with Crippen LogP contribution in [-0.4, -0.2) is 42.1 Å². The normalized spacial score (nSPS) is 17.7. The average Bonchev–Trinajstić information content (AvgIpc) is 2.74. The fraction of sp³-hybridized carbons (Fsp3) is 0.417. The molecule has 30 heavy (non-hydrogen) atoms. The number of carbonyl (C=O) groups is 1. The number of likely N-dealkylation sites (tertiary alicyclic amines) is 1. The summed E-state index contributed by atoms with van der Waals surface area (Å²) in [5.41, 5.74) is 8.17. The van der Waals surface area contributed by atoms with Gasteiger partial charge < -0.3 is 20.1 Å². The Hall–Kier alpha value is -3.02. The van der Waals surface area contributed by atoms with Gasteiger partial charge in [-0.25, -0.2) is 0 Å². The van der Waals surface area contributed by atoms with E-state index in [9.17, 15) is 4.79 Å². The number of pyridine rings is 1. The summed E-state index contributed by atoms with van der Waals surface area (Å²) in [4.78, 5) is 18.8. The van der Waals surface area contributed by atoms with Crippen molar-refractivity contribution in [3.8, 4) is 22.6 Å². The Kier molecular flexibility index (Phi) is 6.21. The second kappa shape index (κ2) is 9.20. The number of nitrogens with two attached hydrogens (primary N) is 1. The van der Waals surface area contributed by atoms with Crippen LogP contribution in [0.4, 0.5) is 0 Å². The minimum absolute atomic E-state index is 0.158. The van der Waals surface area contributed by atoms with Gasteiger partial charge >= 0.3 is 0 Å². The molecule has 1 saturated heterocycles. The van der Waals surface area contributed by atoms with Crippen LogP contribution in [0.5, 0.6) is 11.5 Å². The summed E-state index contributed by atoms with van der Waals surface area (Å²) in [5, 5.41) is 0. The molecule has 1 aromatic carbocycles. The predicted octanol–water partition coefficient (Wildman–Crippen LogP) is 3.86. The summed E-state index contributed by atoms with van der Waals surface area (Å²) >= 11 is 0. The van der Waals surface area contributed by atoms with Crippen molar-refractivity contribution in [1.29, 1.82) is 0 Å². The third-order valence-electron chi connectivity index (χ3n) is 6.05. The monoisotopic (exact) mass is 407 g/mol. The number of ether oxygens (including phenoxy) is 2. The van der Waals surface area contributed by atoms with Gasteiger partial charge in [0.1, 0.15) is 23.3 Å². The third-order valence-corrected chi connectivity index (χ3v) is 6.05. The molecule has 0 radical (unpaired) electrons. The van der Waals surface area contributed by atoms with Crippen molar-refractivity contribution in [3.05, 3.63) is 48.4 Å². The molecular weight excluding hydrogens is 378 g/mol. The zero-order chi connectivity index (χ0) is 20.9. The average molecular weight is 408 g/mol. The van der Waals surface area contributed by atoms with E-state index in [-0.39, 0.29) is 12.0 Å². The van der Waals surface area contributed by atoms with Gasteiger partial charge in [-0.2, -0.15) is 0 Å². The number of piperidine rings is 1. The van der Waals surface area contributed by atoms with E-state index in [1.165, 1.54) is 12.6 Å². The van der Waals surface area contributed by atoms with Gasteiger partial charge in [0.15, 0.2) is 0 Å². The Balaban J connectivity index is 1.35. The lowest BCUT2D eigenvalue weighted by Crippen LogP contribution is -2.45. The van der Waals surface area contributed by atoms with Crippen LogP contribution >= 0.6 is 0 Å². The summed E-state index contributed by atoms with van der Waals surface area (Å²) in [6, 6.07) is 9.98. The van der Waals surface area contributed by atoms with E-state index in [2.05, 4.69) is 4.98 Å². The molecule has 4 rings (SSSR count). The third kappa shape index (κ3) is 4.42. The minimum Gasteiger partial charge on any atom is -0.494 e. The number of nitrogens with zero attached hydrogens (tertiary/aromatic N) is 2. The lowest BCUT2D eigenvalue weighted by molar-refractivity contribution is -0.140. The van der Waals surface area contributed by atoms with Gasteiger partial charge in [-0.15, -0.1) is 0 Å². The van der Waals surface area contributed by atoms with Crippen molar-refractivity contribution in [1.82, 2.24) is 9.88 Å². The van der Waals surface area contributed by atoms with Gasteiger partial charge in [-0.1, -0.05) is 18.6 Å². The first kappa shape index (κ1) is 20.3. The molecule has 1 amide bonds. The molecule has 6 heteroatoms. The maximum atomic E-state index is 12.4. The van der Waals surface area contributed by atoms with E-state index in [1.54, 1.807) is 13.2 Å². The lowest BCUT2D eigenvalue weighted by atomic mass is 9.84. The van der Waals surface area contributed by atoms with Crippen LogP contribution in [-0.2, 0) is 4.79 Å². The number of benzene rings is 1. The number of methoxy groups -OCH3 is 1. The summed E-state index contributed by atoms with van der Waals surface area (Å²) < 4.78 is 11.6. The van der Waals surface area contributed by atoms with E-state index < -0.39 is 0 Å². The van der Waals surface area contributed by atoms with Gasteiger partial charge in [-0.3, -0.25) is 9.78 Å². The minimum atomic E-state index is 0.158. The molecule has 2 N–H and O–H groups in total. The molecule has 2 aliphatic rings. The van der Waals surface area contributed by atoms with Crippen molar-refractivity contribution >= 4 is 12.0 Å². The zero-order valence-corrected chi connectivity index (χ0v) is 17.4. The van der Waals surface area contributed by atoms with E-state index in [0.717, 1.165) is 55.6 Å². The summed E-state index contributed by atoms with van der Waals surface area (Å²) in [5.74, 6) is 2.16. The number of hydrogen-bond donors (Lipinski definition) is 1. The lowest BCUT2D eigenvalue weighted by Gasteiger charge is -2.36. The van der Waals surface area contributed by atoms with Crippen molar-refractivity contribution in [2.75, 3.05) is 20.2 Å². The van der Waals surface area contributed by atoms with E-state index in [1.807, 2.05) is 41.4 Å². The van der Waals surface area contributed by atoms with Gasteiger partial charge in [0.25, 0.3) is 0 Å². The Labute approximate surface area is 177 Å². The Morgan fingerprint density at radius 1 is 1.13 bits per heavy atom. The van der Waals surface area contributed by atoms with Crippen LogP contribution in [0.25, 0.3) is 17.2 Å². The van der Waals surface area contributed by atoms with Gasteiger partial charge in [0, 0.05) is 43.6 Å². The van der Waals surface area contributed by atoms with Crippen molar-refractivity contribution in [2.45, 2.75) is 38.2 Å². The fourth-order valence-corrected chi connectivity index (χ4v) is 4.02. The van der Waals surface area contributed by atoms with Crippen molar-refractivity contribution in [2.24, 2.45) is 11.7 Å². The molecule has 1 saturated carbocycles. The molecule has 158 valence electrons. The Morgan fingerprint density at radius 3 is 2.47 bits per heavy atom. The number of carbonyl (C=O) groups excluding carboxylic acids is 1. The van der Waals surface area contributed by atoms with Gasteiger partial charge in [0.05, 0.1) is 7.11 Å². The maximum Gasteiger partial charge on any atom is 0.225 e. The highest BCUT2D eigenvalue weighted by Gasteiger charge is 2.32. The molecular formula is C24H29N3O3. The fourth-order valence-electron chi connectivity index (χ4n) is 4.02. The van der Waals surface area contributed by atoms with Crippen LogP contribution < -0.4 is 15.2 Å². The molecule has 0 atom stereocenters. The summed E-state index contributed by atoms with van der Waals surface area (Å²) in [7, 11) is 1.62. The molecule has 1 aromatic heterocycles. The second-order valence-corrected chi connectivity index (χ2v) is 7.97. The molecule has 0 bridgehead atoms. The molecule has 0 unspecified atom stereocenters. The van der Waals surface area contributed by atoms with E-state index in [0.29, 0.717) is 17.4 Å². The standard InChI is InChI=1S/C24H29N3O3/c1-29-23-15-19(16-26-22(23)9-12-25)17-5-7-20(8-6-17)30-21-10-13-27(14-11-21)24(28)18-3-2-4-18/h5-9,12,15-16,18,21H,2-4,10-11,13-14,25H2,1H3. The first-order valence-corrected chi connectivity index (χ1v) is 10.7. The Bertz CT molecular complexity index is 898. The SMILES string of the molecule is COc1cc(-c2ccc(OC3CCN(C(=O)C4CCC4)CC3)cc2)cnc1C=CN. The number of amides is 1. The van der Waals surface area contributed by atoms with Crippen molar-refractivity contribution in [3.63, 3.8) is 0 Å². The van der Waals surface area contributed by atoms with Crippen LogP contribution in [0.3, 0.4) is 0 Å².